The summed E-state index contributed by atoms with van der Waals surface area (Å²) < 4.78 is 54.5. The largest absolute Gasteiger partial charge is 0.497 e. The number of sulfonamides is 1. The predicted molar refractivity (Wildman–Crippen MR) is 155 cm³/mol. The number of benzene rings is 3. The number of rotatable bonds is 12. The molecule has 0 saturated carbocycles. The summed E-state index contributed by atoms with van der Waals surface area (Å²) in [5.41, 5.74) is 1.09. The molecule has 3 rings (SSSR count). The number of carbonyl (C=O) groups is 2. The highest BCUT2D eigenvalue weighted by Crippen LogP contribution is 2.36. The van der Waals surface area contributed by atoms with E-state index >= 15 is 0 Å². The molecule has 0 aromatic heterocycles. The molecule has 0 unspecified atom stereocenters. The lowest BCUT2D eigenvalue weighted by Crippen LogP contribution is -2.52. The van der Waals surface area contributed by atoms with Crippen LogP contribution in [0.3, 0.4) is 0 Å². The number of aryl methyl sites for hydroxylation is 1. The van der Waals surface area contributed by atoms with Crippen LogP contribution < -0.4 is 19.1 Å². The second kappa shape index (κ2) is 13.5. The number of carbonyl (C=O) groups excluding carboxylic acids is 2. The minimum Gasteiger partial charge on any atom is -0.497 e. The van der Waals surface area contributed by atoms with Crippen LogP contribution in [0.25, 0.3) is 0 Å². The van der Waals surface area contributed by atoms with Crippen molar-refractivity contribution in [2.75, 3.05) is 25.1 Å². The molecule has 0 aliphatic carbocycles. The summed E-state index contributed by atoms with van der Waals surface area (Å²) in [7, 11) is -1.51. The van der Waals surface area contributed by atoms with Crippen LogP contribution in [0.2, 0.25) is 0 Å². The van der Waals surface area contributed by atoms with E-state index in [1.54, 1.807) is 38.1 Å². The number of nitrogens with one attached hydrogen (secondary N) is 1. The van der Waals surface area contributed by atoms with Gasteiger partial charge >= 0.3 is 0 Å². The summed E-state index contributed by atoms with van der Waals surface area (Å²) in [4.78, 5) is 28.1. The van der Waals surface area contributed by atoms with E-state index in [2.05, 4.69) is 5.32 Å². The van der Waals surface area contributed by atoms with Crippen LogP contribution >= 0.6 is 0 Å². The number of nitrogens with zero attached hydrogens (tertiary/aromatic N) is 2. The number of amides is 2. The monoisotopic (exact) mass is 585 g/mol. The molecule has 1 N–H and O–H groups in total. The Morgan fingerprint density at radius 2 is 1.61 bits per heavy atom. The molecule has 0 heterocycles. The van der Waals surface area contributed by atoms with Crippen molar-refractivity contribution in [3.05, 3.63) is 83.7 Å². The number of hydrogen-bond donors (Lipinski definition) is 1. The Kier molecular flexibility index (Phi) is 10.3. The van der Waals surface area contributed by atoms with Gasteiger partial charge in [0.2, 0.25) is 11.8 Å². The molecule has 0 bridgehead atoms. The lowest BCUT2D eigenvalue weighted by Gasteiger charge is -2.32. The minimum absolute atomic E-state index is 0.0490. The number of methoxy groups -OCH3 is 2. The lowest BCUT2D eigenvalue weighted by atomic mass is 10.1. The maximum absolute atomic E-state index is 14.7. The number of halogens is 1. The summed E-state index contributed by atoms with van der Waals surface area (Å²) in [5.74, 6) is -1.22. The first-order chi connectivity index (χ1) is 19.4. The van der Waals surface area contributed by atoms with E-state index in [-0.39, 0.29) is 34.5 Å². The van der Waals surface area contributed by atoms with E-state index in [0.717, 1.165) is 9.87 Å². The smallest absolute Gasteiger partial charge is 0.264 e. The van der Waals surface area contributed by atoms with Gasteiger partial charge in [0.25, 0.3) is 10.0 Å². The number of anilines is 1. The number of ether oxygens (including phenoxy) is 2. The fourth-order valence-electron chi connectivity index (χ4n) is 4.14. The topological polar surface area (TPSA) is 105 Å². The maximum atomic E-state index is 14.7. The Hall–Kier alpha value is -4.12. The maximum Gasteiger partial charge on any atom is 0.264 e. The average Bonchev–Trinajstić information content (AvgIpc) is 2.94. The Balaban J connectivity index is 2.14. The van der Waals surface area contributed by atoms with Crippen LogP contribution in [0.1, 0.15) is 31.9 Å². The first-order valence-corrected chi connectivity index (χ1v) is 14.5. The van der Waals surface area contributed by atoms with Crippen molar-refractivity contribution in [2.24, 2.45) is 0 Å². The van der Waals surface area contributed by atoms with Gasteiger partial charge < -0.3 is 19.7 Å². The van der Waals surface area contributed by atoms with Crippen LogP contribution in [0.4, 0.5) is 10.1 Å². The Bertz CT molecular complexity index is 1480. The molecule has 0 fully saturated rings. The summed E-state index contributed by atoms with van der Waals surface area (Å²) in [6, 6.07) is 15.4. The van der Waals surface area contributed by atoms with E-state index in [1.165, 1.54) is 68.5 Å². The molecule has 3 aromatic carbocycles. The third kappa shape index (κ3) is 7.55. The first-order valence-electron chi connectivity index (χ1n) is 13.0. The van der Waals surface area contributed by atoms with Gasteiger partial charge in [-0.25, -0.2) is 12.8 Å². The van der Waals surface area contributed by atoms with Crippen LogP contribution in [0.15, 0.2) is 71.6 Å². The third-order valence-electron chi connectivity index (χ3n) is 6.44. The molecular weight excluding hydrogens is 549 g/mol. The van der Waals surface area contributed by atoms with Crippen LogP contribution in [0.5, 0.6) is 11.5 Å². The quantitative estimate of drug-likeness (QED) is 0.340. The van der Waals surface area contributed by atoms with Crippen molar-refractivity contribution in [3.8, 4) is 11.5 Å². The van der Waals surface area contributed by atoms with Gasteiger partial charge in [-0.2, -0.15) is 0 Å². The molecule has 3 aromatic rings. The molecule has 0 saturated heterocycles. The van der Waals surface area contributed by atoms with Gasteiger partial charge in [0.15, 0.2) is 0 Å². The third-order valence-corrected chi connectivity index (χ3v) is 8.21. The normalized spacial score (nSPS) is 12.0. The molecular formula is C30H36FN3O6S. The minimum atomic E-state index is -4.33. The second-order valence-electron chi connectivity index (χ2n) is 9.81. The van der Waals surface area contributed by atoms with Gasteiger partial charge in [-0.1, -0.05) is 35.9 Å². The van der Waals surface area contributed by atoms with E-state index in [4.69, 9.17) is 9.47 Å². The van der Waals surface area contributed by atoms with Gasteiger partial charge in [-0.15, -0.1) is 0 Å². The summed E-state index contributed by atoms with van der Waals surface area (Å²) >= 11 is 0. The predicted octanol–water partition coefficient (Wildman–Crippen LogP) is 4.29. The highest BCUT2D eigenvalue weighted by Gasteiger charge is 2.34. The van der Waals surface area contributed by atoms with Crippen molar-refractivity contribution >= 4 is 27.5 Å². The Morgan fingerprint density at radius 1 is 0.951 bits per heavy atom. The molecule has 9 nitrogen and oxygen atoms in total. The highest BCUT2D eigenvalue weighted by atomic mass is 32.2. The zero-order valence-corrected chi connectivity index (χ0v) is 24.9. The van der Waals surface area contributed by atoms with Crippen LogP contribution in [0, 0.1) is 12.7 Å². The summed E-state index contributed by atoms with van der Waals surface area (Å²) in [5, 5.41) is 2.76. The average molecular weight is 586 g/mol. The SMILES string of the molecule is COc1ccc(OC)c(N(CC(=O)N(Cc2ccccc2F)[C@H](C)C(=O)NC(C)C)S(=O)(=O)c2ccc(C)cc2)c1. The zero-order chi connectivity index (χ0) is 30.3. The van der Waals surface area contributed by atoms with Crippen molar-refractivity contribution < 1.29 is 31.9 Å². The Morgan fingerprint density at radius 3 is 2.20 bits per heavy atom. The molecule has 0 radical (unpaired) electrons. The molecule has 2 amide bonds. The lowest BCUT2D eigenvalue weighted by molar-refractivity contribution is -0.139. The van der Waals surface area contributed by atoms with Crippen molar-refractivity contribution in [3.63, 3.8) is 0 Å². The standard InChI is InChI=1S/C30H36FN3O6S/c1-20(2)32-30(36)22(4)33(18-23-9-7-8-10-26(23)31)29(35)19-34(27-17-24(39-5)13-16-28(27)40-6)41(37,38)25-14-11-21(3)12-15-25/h7-17,20,22H,18-19H2,1-6H3,(H,32,36)/t22-/m1/s1. The van der Waals surface area contributed by atoms with Gasteiger partial charge in [0.1, 0.15) is 29.9 Å². The Labute approximate surface area is 240 Å². The van der Waals surface area contributed by atoms with E-state index in [0.29, 0.717) is 5.75 Å². The van der Waals surface area contributed by atoms with Crippen LogP contribution in [-0.4, -0.2) is 58.0 Å². The molecule has 0 spiro atoms. The van der Waals surface area contributed by atoms with Crippen molar-refractivity contribution in [2.45, 2.75) is 51.2 Å². The van der Waals surface area contributed by atoms with Crippen LogP contribution in [-0.2, 0) is 26.2 Å². The second-order valence-corrected chi connectivity index (χ2v) is 11.7. The fraction of sp³-hybridized carbons (Fsp3) is 0.333. The molecule has 0 aliphatic rings. The van der Waals surface area contributed by atoms with Crippen molar-refractivity contribution in [1.82, 2.24) is 10.2 Å². The highest BCUT2D eigenvalue weighted by molar-refractivity contribution is 7.92. The first kappa shape index (κ1) is 31.4. The van der Waals surface area contributed by atoms with E-state index < -0.39 is 40.2 Å². The van der Waals surface area contributed by atoms with Crippen molar-refractivity contribution in [1.29, 1.82) is 0 Å². The fourth-order valence-corrected chi connectivity index (χ4v) is 5.56. The molecule has 1 atom stereocenters. The number of hydrogen-bond acceptors (Lipinski definition) is 6. The van der Waals surface area contributed by atoms with E-state index in [1.807, 2.05) is 6.92 Å². The van der Waals surface area contributed by atoms with E-state index in [9.17, 15) is 22.4 Å². The molecule has 11 heteroatoms. The molecule has 220 valence electrons. The zero-order valence-electron chi connectivity index (χ0n) is 24.0. The van der Waals surface area contributed by atoms with Gasteiger partial charge in [0.05, 0.1) is 24.8 Å². The summed E-state index contributed by atoms with van der Waals surface area (Å²) in [6.07, 6.45) is 0. The summed E-state index contributed by atoms with van der Waals surface area (Å²) in [6.45, 7) is 5.94. The molecule has 0 aliphatic heterocycles. The van der Waals surface area contributed by atoms with Gasteiger partial charge in [-0.05, 0) is 58.0 Å². The molecule has 41 heavy (non-hydrogen) atoms. The van der Waals surface area contributed by atoms with Gasteiger partial charge in [-0.3, -0.25) is 13.9 Å². The van der Waals surface area contributed by atoms with Gasteiger partial charge in [0, 0.05) is 24.2 Å².